The van der Waals surface area contributed by atoms with Gasteiger partial charge in [0.25, 0.3) is 5.91 Å². The molecule has 6 heteroatoms. The molecule has 0 aromatic heterocycles. The van der Waals surface area contributed by atoms with Crippen LogP contribution < -0.4 is 15.8 Å². The number of nitrogens with one attached hydrogen (secondary N) is 1. The molecule has 5 nitrogen and oxygen atoms in total. The van der Waals surface area contributed by atoms with E-state index in [2.05, 4.69) is 17.4 Å². The number of hydrogen-bond donors (Lipinski definition) is 3. The number of nitrogens with two attached hydrogens (primary N) is 1. The third-order valence-electron chi connectivity index (χ3n) is 4.83. The molecule has 0 unspecified atom stereocenters. The maximum Gasteiger partial charge on any atom is 0.252 e. The number of carbonyl (C=O) groups excluding carboxylic acids is 1. The van der Waals surface area contributed by atoms with E-state index in [1.54, 1.807) is 6.92 Å². The van der Waals surface area contributed by atoms with Gasteiger partial charge in [-0.05, 0) is 43.0 Å². The Morgan fingerprint density at radius 2 is 2.00 bits per heavy atom. The van der Waals surface area contributed by atoms with Crippen molar-refractivity contribution in [2.24, 2.45) is 5.73 Å². The zero-order valence-corrected chi connectivity index (χ0v) is 15.4. The Morgan fingerprint density at radius 3 is 2.59 bits per heavy atom. The molecule has 2 aromatic carbocycles. The second-order valence-electron chi connectivity index (χ2n) is 6.88. The number of aliphatic hydroxyl groups excluding tert-OH is 1. The highest BCUT2D eigenvalue weighted by Gasteiger charge is 2.22. The average molecular weight is 372 g/mol. The highest BCUT2D eigenvalue weighted by atomic mass is 19.1. The van der Waals surface area contributed by atoms with Gasteiger partial charge in [-0.3, -0.25) is 4.79 Å². The summed E-state index contributed by atoms with van der Waals surface area (Å²) in [5, 5.41) is 13.8. The average Bonchev–Trinajstić information content (AvgIpc) is 3.05. The minimum atomic E-state index is -0.754. The van der Waals surface area contributed by atoms with E-state index in [0.29, 0.717) is 18.7 Å². The molecule has 0 bridgehead atoms. The molecule has 144 valence electrons. The van der Waals surface area contributed by atoms with Crippen LogP contribution in [0.2, 0.25) is 0 Å². The normalized spacial score (nSPS) is 14.8. The number of halogens is 1. The minimum absolute atomic E-state index is 0.00162. The molecular weight excluding hydrogens is 347 g/mol. The van der Waals surface area contributed by atoms with Crippen molar-refractivity contribution in [1.29, 1.82) is 0 Å². The second kappa shape index (κ2) is 8.50. The van der Waals surface area contributed by atoms with Gasteiger partial charge in [-0.1, -0.05) is 24.3 Å². The Hall–Kier alpha value is -2.44. The van der Waals surface area contributed by atoms with Crippen LogP contribution in [0.4, 0.5) is 4.39 Å². The molecular formula is C21H25FN2O3. The summed E-state index contributed by atoms with van der Waals surface area (Å²) in [6, 6.07) is 10.9. The van der Waals surface area contributed by atoms with E-state index in [1.165, 1.54) is 17.2 Å². The van der Waals surface area contributed by atoms with E-state index in [-0.39, 0.29) is 23.8 Å². The predicted octanol–water partition coefficient (Wildman–Crippen LogP) is 1.98. The fourth-order valence-electron chi connectivity index (χ4n) is 3.63. The van der Waals surface area contributed by atoms with E-state index < -0.39 is 17.8 Å². The van der Waals surface area contributed by atoms with E-state index in [9.17, 15) is 14.3 Å². The van der Waals surface area contributed by atoms with Gasteiger partial charge in [-0.15, -0.1) is 0 Å². The Bertz CT molecular complexity index is 800. The van der Waals surface area contributed by atoms with Crippen LogP contribution in [0, 0.1) is 5.82 Å². The molecule has 3 rings (SSSR count). The van der Waals surface area contributed by atoms with E-state index >= 15 is 0 Å². The summed E-state index contributed by atoms with van der Waals surface area (Å²) in [4.78, 5) is 11.6. The monoisotopic (exact) mass is 372 g/mol. The molecule has 1 aliphatic carbocycles. The summed E-state index contributed by atoms with van der Waals surface area (Å²) >= 11 is 0. The number of amides is 1. The third kappa shape index (κ3) is 4.64. The SMILES string of the molecule is CCOc1c(C[C@H](O)CNC2Cc3ccccc3C2)cc(F)cc1C(N)=O. The zero-order valence-electron chi connectivity index (χ0n) is 15.4. The molecule has 0 aliphatic heterocycles. The first kappa shape index (κ1) is 19.3. The largest absolute Gasteiger partial charge is 0.493 e. The van der Waals surface area contributed by atoms with Gasteiger partial charge >= 0.3 is 0 Å². The molecule has 27 heavy (non-hydrogen) atoms. The summed E-state index contributed by atoms with van der Waals surface area (Å²) in [6.45, 7) is 2.45. The first-order valence-electron chi connectivity index (χ1n) is 9.21. The predicted molar refractivity (Wildman–Crippen MR) is 101 cm³/mol. The summed E-state index contributed by atoms with van der Waals surface area (Å²) in [5.74, 6) is -1.08. The number of aliphatic hydroxyl groups is 1. The van der Waals surface area contributed by atoms with Gasteiger partial charge < -0.3 is 20.9 Å². The fraction of sp³-hybridized carbons (Fsp3) is 0.381. The maximum atomic E-state index is 13.9. The Balaban J connectivity index is 1.64. The van der Waals surface area contributed by atoms with Gasteiger partial charge in [-0.25, -0.2) is 4.39 Å². The lowest BCUT2D eigenvalue weighted by Crippen LogP contribution is -2.37. The van der Waals surface area contributed by atoms with Crippen molar-refractivity contribution in [3.8, 4) is 5.75 Å². The summed E-state index contributed by atoms with van der Waals surface area (Å²) < 4.78 is 19.4. The van der Waals surface area contributed by atoms with Crippen molar-refractivity contribution in [3.63, 3.8) is 0 Å². The molecule has 0 spiro atoms. The number of benzene rings is 2. The number of carbonyl (C=O) groups is 1. The first-order valence-corrected chi connectivity index (χ1v) is 9.21. The topological polar surface area (TPSA) is 84.6 Å². The van der Waals surface area contributed by atoms with Crippen molar-refractivity contribution < 1.29 is 19.0 Å². The van der Waals surface area contributed by atoms with E-state index in [4.69, 9.17) is 10.5 Å². The molecule has 0 heterocycles. The van der Waals surface area contributed by atoms with Crippen LogP contribution in [-0.2, 0) is 19.3 Å². The smallest absolute Gasteiger partial charge is 0.252 e. The molecule has 1 amide bonds. The van der Waals surface area contributed by atoms with Crippen molar-refractivity contribution in [1.82, 2.24) is 5.32 Å². The highest BCUT2D eigenvalue weighted by molar-refractivity contribution is 5.96. The number of hydrogen-bond acceptors (Lipinski definition) is 4. The third-order valence-corrected chi connectivity index (χ3v) is 4.83. The van der Waals surface area contributed by atoms with Crippen LogP contribution in [0.15, 0.2) is 36.4 Å². The molecule has 4 N–H and O–H groups in total. The zero-order chi connectivity index (χ0) is 19.4. The van der Waals surface area contributed by atoms with Crippen LogP contribution in [0.3, 0.4) is 0 Å². The van der Waals surface area contributed by atoms with Crippen LogP contribution in [0.25, 0.3) is 0 Å². The fourth-order valence-corrected chi connectivity index (χ4v) is 3.63. The van der Waals surface area contributed by atoms with Gasteiger partial charge in [0.2, 0.25) is 0 Å². The minimum Gasteiger partial charge on any atom is -0.493 e. The van der Waals surface area contributed by atoms with E-state index in [0.717, 1.165) is 18.9 Å². The van der Waals surface area contributed by atoms with Gasteiger partial charge in [0, 0.05) is 24.6 Å². The highest BCUT2D eigenvalue weighted by Crippen LogP contribution is 2.27. The molecule has 0 saturated heterocycles. The van der Waals surface area contributed by atoms with Gasteiger partial charge in [0.05, 0.1) is 18.3 Å². The Labute approximate surface area is 158 Å². The van der Waals surface area contributed by atoms with Crippen molar-refractivity contribution >= 4 is 5.91 Å². The lowest BCUT2D eigenvalue weighted by Gasteiger charge is -2.19. The summed E-state index contributed by atoms with van der Waals surface area (Å²) in [7, 11) is 0. The molecule has 2 aromatic rings. The molecule has 0 radical (unpaired) electrons. The van der Waals surface area contributed by atoms with Crippen molar-refractivity contribution in [3.05, 3.63) is 64.5 Å². The number of ether oxygens (including phenoxy) is 1. The quantitative estimate of drug-likeness (QED) is 0.662. The van der Waals surface area contributed by atoms with Gasteiger partial charge in [0.15, 0.2) is 0 Å². The maximum absolute atomic E-state index is 13.9. The Kier molecular flexibility index (Phi) is 6.08. The molecule has 1 atom stereocenters. The second-order valence-corrected chi connectivity index (χ2v) is 6.88. The summed E-state index contributed by atoms with van der Waals surface area (Å²) in [6.07, 6.45) is 1.29. The number of rotatable bonds is 8. The first-order chi connectivity index (χ1) is 13.0. The van der Waals surface area contributed by atoms with Crippen molar-refractivity contribution in [2.75, 3.05) is 13.2 Å². The summed E-state index contributed by atoms with van der Waals surface area (Å²) in [5.41, 5.74) is 8.44. The van der Waals surface area contributed by atoms with Crippen LogP contribution in [0.5, 0.6) is 5.75 Å². The molecule has 0 fully saturated rings. The van der Waals surface area contributed by atoms with Crippen LogP contribution in [0.1, 0.15) is 34.0 Å². The molecule has 0 saturated carbocycles. The number of primary amides is 1. The lowest BCUT2D eigenvalue weighted by atomic mass is 10.0. The van der Waals surface area contributed by atoms with Crippen molar-refractivity contribution in [2.45, 2.75) is 38.3 Å². The van der Waals surface area contributed by atoms with Gasteiger partial charge in [-0.2, -0.15) is 0 Å². The molecule has 1 aliphatic rings. The van der Waals surface area contributed by atoms with Crippen LogP contribution in [-0.4, -0.2) is 36.3 Å². The lowest BCUT2D eigenvalue weighted by molar-refractivity contribution is 0.0995. The number of fused-ring (bicyclic) bond motifs is 1. The van der Waals surface area contributed by atoms with Crippen LogP contribution >= 0.6 is 0 Å². The Morgan fingerprint density at radius 1 is 1.33 bits per heavy atom. The van der Waals surface area contributed by atoms with E-state index in [1.807, 2.05) is 12.1 Å². The standard InChI is InChI=1S/C21H25FN2O3/c1-2-27-20-15(7-16(22)11-19(20)21(23)26)10-18(25)12-24-17-8-13-5-3-4-6-14(13)9-17/h3-7,11,17-18,24-25H,2,8-10,12H2,1H3,(H2,23,26)/t18-/m0/s1. The van der Waals surface area contributed by atoms with Gasteiger partial charge in [0.1, 0.15) is 11.6 Å².